The second-order valence-electron chi connectivity index (χ2n) is 5.39. The van der Waals surface area contributed by atoms with Crippen LogP contribution in [0.2, 0.25) is 10.0 Å². The normalized spacial score (nSPS) is 14.5. The zero-order chi connectivity index (χ0) is 15.1. The molecule has 22 heavy (non-hydrogen) atoms. The topological polar surface area (TPSA) is 55.1 Å². The van der Waals surface area contributed by atoms with Crippen LogP contribution in [0.1, 0.15) is 30.1 Å². The number of halogens is 2. The number of nitrogens with one attached hydrogen (secondary N) is 1. The summed E-state index contributed by atoms with van der Waals surface area (Å²) < 4.78 is 2.01. The van der Waals surface area contributed by atoms with Crippen LogP contribution >= 0.6 is 23.2 Å². The van der Waals surface area contributed by atoms with E-state index in [-0.39, 0.29) is 0 Å². The molecule has 1 saturated carbocycles. The summed E-state index contributed by atoms with van der Waals surface area (Å²) in [5.74, 6) is 2.26. The maximum absolute atomic E-state index is 6.19. The van der Waals surface area contributed by atoms with Crippen LogP contribution in [0.5, 0.6) is 0 Å². The van der Waals surface area contributed by atoms with Gasteiger partial charge < -0.3 is 5.32 Å². The fraction of sp³-hybridized carbons (Fsp3) is 0.267. The molecular formula is C15H13Cl2N5. The molecule has 0 saturated heterocycles. The Balaban J connectivity index is 1.61. The predicted octanol–water partition coefficient (Wildman–Crippen LogP) is 3.92. The van der Waals surface area contributed by atoms with Crippen molar-refractivity contribution in [3.8, 4) is 0 Å². The number of anilines is 1. The number of hydrogen-bond acceptors (Lipinski definition) is 4. The Morgan fingerprint density at radius 3 is 2.86 bits per heavy atom. The summed E-state index contributed by atoms with van der Waals surface area (Å²) in [6, 6.07) is 5.45. The minimum absolute atomic E-state index is 0.538. The Bertz CT molecular complexity index is 841. The SMILES string of the molecule is Clc1ccc(CNc2nccn3c(C4CC4)nnc23)c(Cl)c1. The molecule has 1 fully saturated rings. The van der Waals surface area contributed by atoms with Gasteiger partial charge in [0.05, 0.1) is 0 Å². The third kappa shape index (κ3) is 2.51. The van der Waals surface area contributed by atoms with E-state index in [1.54, 1.807) is 12.3 Å². The van der Waals surface area contributed by atoms with E-state index in [0.717, 1.165) is 17.0 Å². The molecule has 1 N–H and O–H groups in total. The van der Waals surface area contributed by atoms with Gasteiger partial charge in [-0.1, -0.05) is 29.3 Å². The molecule has 0 radical (unpaired) electrons. The van der Waals surface area contributed by atoms with Crippen LogP contribution in [-0.2, 0) is 6.54 Å². The van der Waals surface area contributed by atoms with Crippen molar-refractivity contribution in [2.24, 2.45) is 0 Å². The van der Waals surface area contributed by atoms with Crippen LogP contribution in [0, 0.1) is 0 Å². The van der Waals surface area contributed by atoms with E-state index in [4.69, 9.17) is 23.2 Å². The Morgan fingerprint density at radius 1 is 1.23 bits per heavy atom. The summed E-state index contributed by atoms with van der Waals surface area (Å²) in [5, 5.41) is 13.1. The lowest BCUT2D eigenvalue weighted by Crippen LogP contribution is -2.04. The summed E-state index contributed by atoms with van der Waals surface area (Å²) in [5.41, 5.74) is 1.70. The molecule has 0 bridgehead atoms. The van der Waals surface area contributed by atoms with Crippen molar-refractivity contribution in [3.63, 3.8) is 0 Å². The van der Waals surface area contributed by atoms with Gasteiger partial charge in [-0.2, -0.15) is 0 Å². The molecule has 4 rings (SSSR count). The van der Waals surface area contributed by atoms with Crippen LogP contribution < -0.4 is 5.32 Å². The van der Waals surface area contributed by atoms with Gasteiger partial charge in [-0.05, 0) is 30.5 Å². The molecule has 1 aromatic carbocycles. The number of fused-ring (bicyclic) bond motifs is 1. The number of rotatable bonds is 4. The molecule has 1 aliphatic rings. The largest absolute Gasteiger partial charge is 0.363 e. The van der Waals surface area contributed by atoms with E-state index >= 15 is 0 Å². The molecule has 0 unspecified atom stereocenters. The highest BCUT2D eigenvalue weighted by Gasteiger charge is 2.29. The van der Waals surface area contributed by atoms with Crippen LogP contribution in [-0.4, -0.2) is 19.6 Å². The van der Waals surface area contributed by atoms with Crippen molar-refractivity contribution < 1.29 is 0 Å². The smallest absolute Gasteiger partial charge is 0.203 e. The lowest BCUT2D eigenvalue weighted by Gasteiger charge is -2.08. The van der Waals surface area contributed by atoms with Gasteiger partial charge in [-0.3, -0.25) is 4.40 Å². The molecule has 3 aromatic rings. The zero-order valence-electron chi connectivity index (χ0n) is 11.6. The summed E-state index contributed by atoms with van der Waals surface area (Å²) >= 11 is 12.1. The first-order valence-electron chi connectivity index (χ1n) is 7.10. The van der Waals surface area contributed by atoms with E-state index in [0.29, 0.717) is 28.3 Å². The first kappa shape index (κ1) is 13.8. The van der Waals surface area contributed by atoms with E-state index in [1.165, 1.54) is 12.8 Å². The molecule has 0 atom stereocenters. The fourth-order valence-electron chi connectivity index (χ4n) is 2.43. The van der Waals surface area contributed by atoms with Gasteiger partial charge in [0, 0.05) is 34.9 Å². The van der Waals surface area contributed by atoms with Crippen LogP contribution in [0.4, 0.5) is 5.82 Å². The second kappa shape index (κ2) is 5.41. The Hall–Kier alpha value is -1.85. The molecule has 0 spiro atoms. The van der Waals surface area contributed by atoms with Gasteiger partial charge in [0.2, 0.25) is 5.65 Å². The molecule has 5 nitrogen and oxygen atoms in total. The molecule has 0 amide bonds. The maximum atomic E-state index is 6.19. The lowest BCUT2D eigenvalue weighted by atomic mass is 10.2. The maximum Gasteiger partial charge on any atom is 0.203 e. The van der Waals surface area contributed by atoms with Crippen molar-refractivity contribution in [1.82, 2.24) is 19.6 Å². The van der Waals surface area contributed by atoms with Gasteiger partial charge in [0.1, 0.15) is 5.82 Å². The van der Waals surface area contributed by atoms with Gasteiger partial charge in [-0.25, -0.2) is 4.98 Å². The number of nitrogens with zero attached hydrogens (tertiary/aromatic N) is 4. The van der Waals surface area contributed by atoms with Crippen molar-refractivity contribution in [3.05, 3.63) is 52.0 Å². The molecular weight excluding hydrogens is 321 g/mol. The van der Waals surface area contributed by atoms with Crippen molar-refractivity contribution in [2.45, 2.75) is 25.3 Å². The van der Waals surface area contributed by atoms with Gasteiger partial charge in [-0.15, -0.1) is 10.2 Å². The first-order chi connectivity index (χ1) is 10.7. The number of hydrogen-bond donors (Lipinski definition) is 1. The number of benzene rings is 1. The Morgan fingerprint density at radius 2 is 2.09 bits per heavy atom. The molecule has 0 aliphatic heterocycles. The van der Waals surface area contributed by atoms with E-state index in [1.807, 2.05) is 22.7 Å². The first-order valence-corrected chi connectivity index (χ1v) is 7.85. The third-order valence-electron chi connectivity index (χ3n) is 3.76. The second-order valence-corrected chi connectivity index (χ2v) is 6.23. The summed E-state index contributed by atoms with van der Waals surface area (Å²) in [4.78, 5) is 4.36. The molecule has 7 heteroatoms. The number of aromatic nitrogens is 4. The molecule has 2 aromatic heterocycles. The summed E-state index contributed by atoms with van der Waals surface area (Å²) in [6.07, 6.45) is 6.04. The minimum Gasteiger partial charge on any atom is -0.363 e. The average Bonchev–Trinajstić information content (AvgIpc) is 3.25. The quantitative estimate of drug-likeness (QED) is 0.786. The van der Waals surface area contributed by atoms with Gasteiger partial charge >= 0.3 is 0 Å². The minimum atomic E-state index is 0.538. The van der Waals surface area contributed by atoms with Gasteiger partial charge in [0.25, 0.3) is 0 Å². The highest BCUT2D eigenvalue weighted by molar-refractivity contribution is 6.35. The molecule has 1 aliphatic carbocycles. The molecule has 2 heterocycles. The Labute approximate surface area is 137 Å². The van der Waals surface area contributed by atoms with E-state index in [2.05, 4.69) is 20.5 Å². The van der Waals surface area contributed by atoms with Crippen molar-refractivity contribution in [1.29, 1.82) is 0 Å². The van der Waals surface area contributed by atoms with Gasteiger partial charge in [0.15, 0.2) is 5.82 Å². The highest BCUT2D eigenvalue weighted by atomic mass is 35.5. The van der Waals surface area contributed by atoms with Crippen LogP contribution in [0.25, 0.3) is 5.65 Å². The average molecular weight is 334 g/mol. The predicted molar refractivity (Wildman–Crippen MR) is 86.5 cm³/mol. The van der Waals surface area contributed by atoms with Crippen molar-refractivity contribution >= 4 is 34.7 Å². The highest BCUT2D eigenvalue weighted by Crippen LogP contribution is 2.39. The molecule has 112 valence electrons. The van der Waals surface area contributed by atoms with Crippen LogP contribution in [0.3, 0.4) is 0 Å². The lowest BCUT2D eigenvalue weighted by molar-refractivity contribution is 0.894. The Kier molecular flexibility index (Phi) is 3.39. The van der Waals surface area contributed by atoms with E-state index in [9.17, 15) is 0 Å². The monoisotopic (exact) mass is 333 g/mol. The van der Waals surface area contributed by atoms with Crippen molar-refractivity contribution in [2.75, 3.05) is 5.32 Å². The standard InChI is InChI=1S/C15H13Cl2N5/c16-11-4-3-10(12(17)7-11)8-19-13-15-21-20-14(9-1-2-9)22(15)6-5-18-13/h3-7,9H,1-2,8H2,(H,18,19). The summed E-state index contributed by atoms with van der Waals surface area (Å²) in [7, 11) is 0. The van der Waals surface area contributed by atoms with E-state index < -0.39 is 0 Å². The zero-order valence-corrected chi connectivity index (χ0v) is 13.1. The fourth-order valence-corrected chi connectivity index (χ4v) is 2.91. The van der Waals surface area contributed by atoms with Crippen LogP contribution in [0.15, 0.2) is 30.6 Å². The summed E-state index contributed by atoms with van der Waals surface area (Å²) in [6.45, 7) is 0.550. The third-order valence-corrected chi connectivity index (χ3v) is 4.34.